The molecular formula is C25H23N3O2S. The topological polar surface area (TPSA) is 67.2 Å². The lowest BCUT2D eigenvalue weighted by atomic mass is 10.1. The fourth-order valence-corrected chi connectivity index (χ4v) is 3.61. The third kappa shape index (κ3) is 4.49. The van der Waals surface area contributed by atoms with Crippen molar-refractivity contribution in [3.8, 4) is 11.5 Å². The molecule has 0 aliphatic heterocycles. The van der Waals surface area contributed by atoms with Crippen molar-refractivity contribution in [3.05, 3.63) is 82.4 Å². The number of carbonyl (C=O) groups is 1. The predicted molar refractivity (Wildman–Crippen MR) is 129 cm³/mol. The fraction of sp³-hybridized carbons (Fsp3) is 0.160. The molecule has 0 saturated heterocycles. The van der Waals surface area contributed by atoms with Crippen LogP contribution in [0, 0.1) is 27.7 Å². The van der Waals surface area contributed by atoms with E-state index in [4.69, 9.17) is 16.6 Å². The average Bonchev–Trinajstić information content (AvgIpc) is 3.13. The summed E-state index contributed by atoms with van der Waals surface area (Å²) in [6.45, 7) is 8.04. The van der Waals surface area contributed by atoms with E-state index in [2.05, 4.69) is 41.6 Å². The number of carbonyl (C=O) groups excluding carboxylic acids is 1. The van der Waals surface area contributed by atoms with Crippen molar-refractivity contribution >= 4 is 40.0 Å². The third-order valence-corrected chi connectivity index (χ3v) is 5.46. The van der Waals surface area contributed by atoms with E-state index in [9.17, 15) is 4.79 Å². The van der Waals surface area contributed by atoms with Gasteiger partial charge in [0.15, 0.2) is 10.7 Å². The van der Waals surface area contributed by atoms with Crippen LogP contribution in [0.25, 0.3) is 22.6 Å². The molecule has 0 aliphatic rings. The van der Waals surface area contributed by atoms with Gasteiger partial charge in [0.25, 0.3) is 5.91 Å². The van der Waals surface area contributed by atoms with Crippen molar-refractivity contribution in [2.75, 3.05) is 5.32 Å². The molecule has 0 bridgehead atoms. The van der Waals surface area contributed by atoms with Gasteiger partial charge in [-0.3, -0.25) is 10.1 Å². The van der Waals surface area contributed by atoms with Gasteiger partial charge in [0, 0.05) is 16.8 Å². The fourth-order valence-electron chi connectivity index (χ4n) is 3.40. The molecule has 0 unspecified atom stereocenters. The predicted octanol–water partition coefficient (Wildman–Crippen LogP) is 5.86. The standard InChI is InChI=1S/C25H23N3O2S/c1-14-5-9-20(17(4)11-14)23(29)28-25(31)26-19-8-10-22-21(13-19)27-24(30-22)18-7-6-15(2)16(3)12-18/h5-13H,1-4H3,(H2,26,28,29,31). The summed E-state index contributed by atoms with van der Waals surface area (Å²) in [5, 5.41) is 6.01. The number of fused-ring (bicyclic) bond motifs is 1. The summed E-state index contributed by atoms with van der Waals surface area (Å²) in [4.78, 5) is 17.1. The van der Waals surface area contributed by atoms with E-state index in [0.29, 0.717) is 22.6 Å². The Morgan fingerprint density at radius 1 is 0.903 bits per heavy atom. The Hall–Kier alpha value is -3.51. The Bertz CT molecular complexity index is 1320. The Morgan fingerprint density at radius 2 is 1.71 bits per heavy atom. The van der Waals surface area contributed by atoms with Gasteiger partial charge in [-0.15, -0.1) is 0 Å². The summed E-state index contributed by atoms with van der Waals surface area (Å²) >= 11 is 5.33. The van der Waals surface area contributed by atoms with Crippen molar-refractivity contribution in [1.29, 1.82) is 0 Å². The minimum absolute atomic E-state index is 0.224. The summed E-state index contributed by atoms with van der Waals surface area (Å²) in [6, 6.07) is 17.3. The molecular weight excluding hydrogens is 406 g/mol. The summed E-state index contributed by atoms with van der Waals surface area (Å²) in [7, 11) is 0. The molecule has 0 spiro atoms. The minimum atomic E-state index is -0.241. The summed E-state index contributed by atoms with van der Waals surface area (Å²) < 4.78 is 5.91. The third-order valence-electron chi connectivity index (χ3n) is 5.25. The van der Waals surface area contributed by atoms with Gasteiger partial charge in [-0.05, 0) is 93.0 Å². The molecule has 31 heavy (non-hydrogen) atoms. The molecule has 1 aromatic heterocycles. The number of benzene rings is 3. The number of rotatable bonds is 3. The zero-order chi connectivity index (χ0) is 22.1. The van der Waals surface area contributed by atoms with Crippen LogP contribution in [0.5, 0.6) is 0 Å². The van der Waals surface area contributed by atoms with Crippen LogP contribution in [-0.4, -0.2) is 16.0 Å². The first-order valence-electron chi connectivity index (χ1n) is 9.98. The second-order valence-electron chi connectivity index (χ2n) is 7.73. The molecule has 0 fully saturated rings. The van der Waals surface area contributed by atoms with E-state index in [-0.39, 0.29) is 11.0 Å². The Balaban J connectivity index is 1.50. The molecule has 6 heteroatoms. The van der Waals surface area contributed by atoms with Gasteiger partial charge < -0.3 is 9.73 Å². The summed E-state index contributed by atoms with van der Waals surface area (Å²) in [5.41, 5.74) is 8.07. The monoisotopic (exact) mass is 429 g/mol. The maximum atomic E-state index is 12.5. The lowest BCUT2D eigenvalue weighted by Crippen LogP contribution is -2.34. The zero-order valence-corrected chi connectivity index (χ0v) is 18.7. The molecule has 4 rings (SSSR count). The highest BCUT2D eigenvalue weighted by atomic mass is 32.1. The van der Waals surface area contributed by atoms with Gasteiger partial charge in [-0.1, -0.05) is 23.8 Å². The molecule has 1 amide bonds. The maximum Gasteiger partial charge on any atom is 0.257 e. The molecule has 2 N–H and O–H groups in total. The van der Waals surface area contributed by atoms with Gasteiger partial charge in [0.05, 0.1) is 0 Å². The molecule has 1 heterocycles. The number of aryl methyl sites for hydroxylation is 4. The molecule has 3 aromatic carbocycles. The van der Waals surface area contributed by atoms with Gasteiger partial charge in [-0.2, -0.15) is 0 Å². The van der Waals surface area contributed by atoms with Crippen LogP contribution in [0.3, 0.4) is 0 Å². The largest absolute Gasteiger partial charge is 0.436 e. The number of hydrogen-bond donors (Lipinski definition) is 2. The molecule has 5 nitrogen and oxygen atoms in total. The Labute approximate surface area is 186 Å². The van der Waals surface area contributed by atoms with Gasteiger partial charge in [0.2, 0.25) is 5.89 Å². The molecule has 0 radical (unpaired) electrons. The zero-order valence-electron chi connectivity index (χ0n) is 17.9. The first-order chi connectivity index (χ1) is 14.8. The number of thiocarbonyl (C=S) groups is 1. The van der Waals surface area contributed by atoms with E-state index < -0.39 is 0 Å². The highest BCUT2D eigenvalue weighted by Gasteiger charge is 2.13. The van der Waals surface area contributed by atoms with Crippen LogP contribution >= 0.6 is 12.2 Å². The van der Waals surface area contributed by atoms with Crippen LogP contribution in [0.1, 0.15) is 32.6 Å². The first-order valence-corrected chi connectivity index (χ1v) is 10.4. The number of hydrogen-bond acceptors (Lipinski definition) is 4. The minimum Gasteiger partial charge on any atom is -0.436 e. The number of amides is 1. The molecule has 0 saturated carbocycles. The highest BCUT2D eigenvalue weighted by molar-refractivity contribution is 7.80. The van der Waals surface area contributed by atoms with Crippen LogP contribution in [-0.2, 0) is 0 Å². The molecule has 4 aromatic rings. The number of nitrogens with zero attached hydrogens (tertiary/aromatic N) is 1. The smallest absolute Gasteiger partial charge is 0.257 e. The van der Waals surface area contributed by atoms with Crippen LogP contribution in [0.2, 0.25) is 0 Å². The normalized spacial score (nSPS) is 10.8. The number of anilines is 1. The highest BCUT2D eigenvalue weighted by Crippen LogP contribution is 2.27. The van der Waals surface area contributed by atoms with Gasteiger partial charge in [0.1, 0.15) is 5.52 Å². The lowest BCUT2D eigenvalue weighted by Gasteiger charge is -2.11. The average molecular weight is 430 g/mol. The van der Waals surface area contributed by atoms with Crippen LogP contribution < -0.4 is 10.6 Å². The molecule has 0 atom stereocenters. The van der Waals surface area contributed by atoms with Crippen molar-refractivity contribution < 1.29 is 9.21 Å². The Morgan fingerprint density at radius 3 is 2.45 bits per heavy atom. The van der Waals surface area contributed by atoms with E-state index in [1.165, 1.54) is 11.1 Å². The van der Waals surface area contributed by atoms with Crippen molar-refractivity contribution in [2.24, 2.45) is 0 Å². The SMILES string of the molecule is Cc1ccc(C(=O)NC(=S)Nc2ccc3oc(-c4ccc(C)c(C)c4)nc3c2)c(C)c1. The first kappa shape index (κ1) is 20.8. The number of aromatic nitrogens is 1. The van der Waals surface area contributed by atoms with E-state index in [0.717, 1.165) is 22.4 Å². The van der Waals surface area contributed by atoms with Gasteiger partial charge >= 0.3 is 0 Å². The molecule has 0 aliphatic carbocycles. The van der Waals surface area contributed by atoms with Crippen LogP contribution in [0.4, 0.5) is 5.69 Å². The van der Waals surface area contributed by atoms with Gasteiger partial charge in [-0.25, -0.2) is 4.98 Å². The van der Waals surface area contributed by atoms with E-state index >= 15 is 0 Å². The summed E-state index contributed by atoms with van der Waals surface area (Å²) in [6.07, 6.45) is 0. The van der Waals surface area contributed by atoms with Crippen molar-refractivity contribution in [2.45, 2.75) is 27.7 Å². The number of oxazole rings is 1. The molecule has 156 valence electrons. The Kier molecular flexibility index (Phi) is 5.57. The second kappa shape index (κ2) is 8.32. The van der Waals surface area contributed by atoms with Crippen LogP contribution in [0.15, 0.2) is 59.0 Å². The second-order valence-corrected chi connectivity index (χ2v) is 8.14. The number of nitrogens with one attached hydrogen (secondary N) is 2. The quantitative estimate of drug-likeness (QED) is 0.400. The van der Waals surface area contributed by atoms with Crippen molar-refractivity contribution in [3.63, 3.8) is 0 Å². The summed E-state index contributed by atoms with van der Waals surface area (Å²) in [5.74, 6) is 0.329. The van der Waals surface area contributed by atoms with E-state index in [1.807, 2.05) is 50.2 Å². The van der Waals surface area contributed by atoms with E-state index in [1.54, 1.807) is 6.07 Å². The van der Waals surface area contributed by atoms with Crippen molar-refractivity contribution in [1.82, 2.24) is 10.3 Å². The lowest BCUT2D eigenvalue weighted by molar-refractivity contribution is 0.0977. The maximum absolute atomic E-state index is 12.5.